The van der Waals surface area contributed by atoms with Crippen LogP contribution in [-0.4, -0.2) is 34.3 Å². The molecule has 0 atom stereocenters. The maximum Gasteiger partial charge on any atom is 0.145 e. The lowest BCUT2D eigenvalue weighted by Gasteiger charge is -2.24. The molecule has 0 saturated carbocycles. The van der Waals surface area contributed by atoms with Crippen LogP contribution in [0.5, 0.6) is 0 Å². The molecule has 1 aliphatic heterocycles. The van der Waals surface area contributed by atoms with Gasteiger partial charge in [-0.15, -0.1) is 0 Å². The molecule has 16 heavy (non-hydrogen) atoms. The molecule has 1 aromatic rings. The fraction of sp³-hybridized carbons (Fsp3) is 0.583. The zero-order chi connectivity index (χ0) is 11.4. The Morgan fingerprint density at radius 3 is 2.94 bits per heavy atom. The topological polar surface area (TPSA) is 47.1 Å². The van der Waals surface area contributed by atoms with Gasteiger partial charge >= 0.3 is 0 Å². The quantitative estimate of drug-likeness (QED) is 0.782. The van der Waals surface area contributed by atoms with Crippen molar-refractivity contribution >= 4 is 5.82 Å². The smallest absolute Gasteiger partial charge is 0.145 e. The molecule has 0 amide bonds. The molecule has 0 spiro atoms. The molecule has 0 aromatic carbocycles. The van der Waals surface area contributed by atoms with Crippen LogP contribution >= 0.6 is 0 Å². The molecule has 0 radical (unpaired) electrons. The first-order chi connectivity index (χ1) is 7.74. The van der Waals surface area contributed by atoms with E-state index in [0.717, 1.165) is 26.1 Å². The van der Waals surface area contributed by atoms with Gasteiger partial charge in [-0.2, -0.15) is 5.10 Å². The molecule has 4 heteroatoms. The zero-order valence-corrected chi connectivity index (χ0v) is 9.89. The summed E-state index contributed by atoms with van der Waals surface area (Å²) in [7, 11) is 0. The minimum Gasteiger partial charge on any atom is -0.382 e. The van der Waals surface area contributed by atoms with Crippen molar-refractivity contribution in [1.82, 2.24) is 14.7 Å². The molecule has 1 aromatic heterocycles. The van der Waals surface area contributed by atoms with Gasteiger partial charge in [-0.25, -0.2) is 0 Å². The van der Waals surface area contributed by atoms with Crippen molar-refractivity contribution in [3.63, 3.8) is 0 Å². The molecule has 4 nitrogen and oxygen atoms in total. The summed E-state index contributed by atoms with van der Waals surface area (Å²) in [5, 5.41) is 4.17. The van der Waals surface area contributed by atoms with Crippen molar-refractivity contribution in [3.05, 3.63) is 23.9 Å². The van der Waals surface area contributed by atoms with Gasteiger partial charge in [0.05, 0.1) is 0 Å². The number of aromatic nitrogens is 2. The monoisotopic (exact) mass is 220 g/mol. The number of nitrogens with zero attached hydrogens (tertiary/aromatic N) is 3. The first kappa shape index (κ1) is 11.2. The van der Waals surface area contributed by atoms with Crippen LogP contribution in [0.3, 0.4) is 0 Å². The largest absolute Gasteiger partial charge is 0.382 e. The second-order valence-corrected chi connectivity index (χ2v) is 4.46. The summed E-state index contributed by atoms with van der Waals surface area (Å²) in [6, 6.07) is 1.84. The van der Waals surface area contributed by atoms with Gasteiger partial charge in [0, 0.05) is 32.4 Å². The molecule has 0 bridgehead atoms. The van der Waals surface area contributed by atoms with Gasteiger partial charge in [-0.1, -0.05) is 11.6 Å². The molecule has 0 saturated heterocycles. The zero-order valence-electron chi connectivity index (χ0n) is 9.89. The van der Waals surface area contributed by atoms with Crippen LogP contribution in [0.2, 0.25) is 0 Å². The predicted molar refractivity (Wildman–Crippen MR) is 66.1 cm³/mol. The Bertz CT molecular complexity index is 367. The number of hydrogen-bond acceptors (Lipinski definition) is 3. The first-order valence-electron chi connectivity index (χ1n) is 5.91. The lowest BCUT2D eigenvalue weighted by Crippen LogP contribution is -2.30. The highest BCUT2D eigenvalue weighted by Crippen LogP contribution is 2.09. The normalized spacial score (nSPS) is 17.4. The molecular formula is C12H20N4. The Labute approximate surface area is 96.7 Å². The highest BCUT2D eigenvalue weighted by atomic mass is 15.3. The SMILES string of the molecule is CC1=CCN(CCCn2ccc(N)n2)CC1. The summed E-state index contributed by atoms with van der Waals surface area (Å²) in [5.41, 5.74) is 7.08. The van der Waals surface area contributed by atoms with E-state index in [4.69, 9.17) is 5.73 Å². The lowest BCUT2D eigenvalue weighted by atomic mass is 10.1. The number of rotatable bonds is 4. The summed E-state index contributed by atoms with van der Waals surface area (Å²) >= 11 is 0. The molecule has 0 fully saturated rings. The van der Waals surface area contributed by atoms with Gasteiger partial charge in [0.2, 0.25) is 0 Å². The second kappa shape index (κ2) is 5.16. The minimum atomic E-state index is 0.608. The molecular weight excluding hydrogens is 200 g/mol. The van der Waals surface area contributed by atoms with Gasteiger partial charge < -0.3 is 5.73 Å². The summed E-state index contributed by atoms with van der Waals surface area (Å²) in [5.74, 6) is 0.608. The Morgan fingerprint density at radius 2 is 2.31 bits per heavy atom. The van der Waals surface area contributed by atoms with Gasteiger partial charge in [0.1, 0.15) is 5.82 Å². The molecule has 1 aliphatic rings. The summed E-state index contributed by atoms with van der Waals surface area (Å²) < 4.78 is 1.92. The van der Waals surface area contributed by atoms with E-state index in [-0.39, 0.29) is 0 Å². The van der Waals surface area contributed by atoms with Gasteiger partial charge in [0.15, 0.2) is 0 Å². The molecule has 88 valence electrons. The third-order valence-electron chi connectivity index (χ3n) is 3.04. The van der Waals surface area contributed by atoms with Gasteiger partial charge in [-0.3, -0.25) is 9.58 Å². The molecule has 2 heterocycles. The van der Waals surface area contributed by atoms with Crippen LogP contribution < -0.4 is 5.73 Å². The van der Waals surface area contributed by atoms with Crippen LogP contribution in [0.15, 0.2) is 23.9 Å². The number of nitrogen functional groups attached to an aromatic ring is 1. The van der Waals surface area contributed by atoms with Crippen LogP contribution in [-0.2, 0) is 6.54 Å². The van der Waals surface area contributed by atoms with Crippen molar-refractivity contribution in [3.8, 4) is 0 Å². The highest BCUT2D eigenvalue weighted by Gasteiger charge is 2.08. The third kappa shape index (κ3) is 3.10. The molecule has 2 N–H and O–H groups in total. The van der Waals surface area contributed by atoms with E-state index in [1.807, 2.05) is 16.9 Å². The maximum absolute atomic E-state index is 5.56. The Hall–Kier alpha value is -1.29. The van der Waals surface area contributed by atoms with Crippen molar-refractivity contribution in [2.75, 3.05) is 25.4 Å². The maximum atomic E-state index is 5.56. The number of hydrogen-bond donors (Lipinski definition) is 1. The Kier molecular flexibility index (Phi) is 3.62. The van der Waals surface area contributed by atoms with Crippen molar-refractivity contribution in [1.29, 1.82) is 0 Å². The van der Waals surface area contributed by atoms with Gasteiger partial charge in [-0.05, 0) is 25.8 Å². The van der Waals surface area contributed by atoms with E-state index in [1.165, 1.54) is 18.5 Å². The number of anilines is 1. The average Bonchev–Trinajstić information content (AvgIpc) is 2.67. The van der Waals surface area contributed by atoms with Crippen LogP contribution in [0, 0.1) is 0 Å². The standard InChI is InChI=1S/C12H20N4/c1-11-3-8-15(9-4-11)6-2-7-16-10-5-12(13)14-16/h3,5,10H,2,4,6-9H2,1H3,(H2,13,14). The Balaban J connectivity index is 1.69. The van der Waals surface area contributed by atoms with E-state index in [9.17, 15) is 0 Å². The van der Waals surface area contributed by atoms with Crippen molar-refractivity contribution in [2.24, 2.45) is 0 Å². The van der Waals surface area contributed by atoms with E-state index >= 15 is 0 Å². The fourth-order valence-electron chi connectivity index (χ4n) is 1.97. The van der Waals surface area contributed by atoms with Crippen LogP contribution in [0.25, 0.3) is 0 Å². The predicted octanol–water partition coefficient (Wildman–Crippen LogP) is 1.51. The van der Waals surface area contributed by atoms with E-state index < -0.39 is 0 Å². The average molecular weight is 220 g/mol. The summed E-state index contributed by atoms with van der Waals surface area (Å²) in [6.07, 6.45) is 6.62. The third-order valence-corrected chi connectivity index (χ3v) is 3.04. The van der Waals surface area contributed by atoms with E-state index in [2.05, 4.69) is 23.0 Å². The van der Waals surface area contributed by atoms with Crippen LogP contribution in [0.1, 0.15) is 19.8 Å². The fourth-order valence-corrected chi connectivity index (χ4v) is 1.97. The lowest BCUT2D eigenvalue weighted by molar-refractivity contribution is 0.282. The first-order valence-corrected chi connectivity index (χ1v) is 5.91. The molecule has 0 aliphatic carbocycles. The van der Waals surface area contributed by atoms with Crippen molar-refractivity contribution in [2.45, 2.75) is 26.3 Å². The van der Waals surface area contributed by atoms with Crippen LogP contribution in [0.4, 0.5) is 5.82 Å². The minimum absolute atomic E-state index is 0.608. The number of nitrogens with two attached hydrogens (primary N) is 1. The molecule has 0 unspecified atom stereocenters. The summed E-state index contributed by atoms with van der Waals surface area (Å²) in [4.78, 5) is 2.49. The van der Waals surface area contributed by atoms with Gasteiger partial charge in [0.25, 0.3) is 0 Å². The number of aryl methyl sites for hydroxylation is 1. The van der Waals surface area contributed by atoms with E-state index in [1.54, 1.807) is 0 Å². The van der Waals surface area contributed by atoms with E-state index in [0.29, 0.717) is 5.82 Å². The van der Waals surface area contributed by atoms with Crippen molar-refractivity contribution < 1.29 is 0 Å². The molecule has 2 rings (SSSR count). The highest BCUT2D eigenvalue weighted by molar-refractivity contribution is 5.23. The summed E-state index contributed by atoms with van der Waals surface area (Å²) in [6.45, 7) is 6.61. The second-order valence-electron chi connectivity index (χ2n) is 4.46. The Morgan fingerprint density at radius 1 is 1.44 bits per heavy atom.